The Hall–Kier alpha value is -2.20. The Labute approximate surface area is 116 Å². The predicted octanol–water partition coefficient (Wildman–Crippen LogP) is 4.07. The van der Waals surface area contributed by atoms with Gasteiger partial charge in [0.1, 0.15) is 0 Å². The summed E-state index contributed by atoms with van der Waals surface area (Å²) >= 11 is 0. The first-order valence-corrected chi connectivity index (χ1v) is 5.57. The van der Waals surface area contributed by atoms with Crippen LogP contribution in [0.2, 0.25) is 0 Å². The van der Waals surface area contributed by atoms with Gasteiger partial charge in [0.15, 0.2) is 0 Å². The Morgan fingerprint density at radius 3 is 2.37 bits per heavy atom. The van der Waals surface area contributed by atoms with Crippen LogP contribution in [0.4, 0.5) is 16.1 Å². The van der Waals surface area contributed by atoms with Crippen LogP contribution in [0.5, 0.6) is 0 Å². The van der Waals surface area contributed by atoms with Gasteiger partial charge in [-0.3, -0.25) is 0 Å². The van der Waals surface area contributed by atoms with Gasteiger partial charge in [0, 0.05) is 11.6 Å². The zero-order chi connectivity index (χ0) is 12.4. The molecule has 3 aromatic rings. The Kier molecular flexibility index (Phi) is 3.92. The fourth-order valence-electron chi connectivity index (χ4n) is 1.73. The summed E-state index contributed by atoms with van der Waals surface area (Å²) < 4.78 is 14.1. The van der Waals surface area contributed by atoms with Crippen molar-refractivity contribution < 1.29 is 4.48 Å². The van der Waals surface area contributed by atoms with E-state index < -0.39 is 0 Å². The molecule has 0 aliphatic carbocycles. The van der Waals surface area contributed by atoms with Crippen molar-refractivity contribution in [3.05, 3.63) is 60.8 Å². The molecule has 0 bridgehead atoms. The molecule has 5 heteroatoms. The second kappa shape index (κ2) is 5.63. The van der Waals surface area contributed by atoms with Crippen LogP contribution in [-0.2, 0) is 0 Å². The number of rotatable bonds is 2. The first-order chi connectivity index (χ1) is 8.84. The third-order valence-corrected chi connectivity index (χ3v) is 2.63. The van der Waals surface area contributed by atoms with Gasteiger partial charge in [-0.15, -0.1) is 17.5 Å². The third kappa shape index (κ3) is 2.63. The lowest BCUT2D eigenvalue weighted by Gasteiger charge is -2.11. The fourth-order valence-corrected chi connectivity index (χ4v) is 1.73. The summed E-state index contributed by atoms with van der Waals surface area (Å²) in [6.45, 7) is 0. The fraction of sp³-hybridized carbons (Fsp3) is 0. The number of benzene rings is 2. The topological polar surface area (TPSA) is 29.0 Å². The van der Waals surface area contributed by atoms with E-state index in [0.717, 1.165) is 10.9 Å². The first-order valence-electron chi connectivity index (χ1n) is 5.57. The van der Waals surface area contributed by atoms with E-state index in [1.807, 2.05) is 30.3 Å². The summed E-state index contributed by atoms with van der Waals surface area (Å²) in [6.07, 6.45) is 1.62. The number of halogens is 2. The molecular weight excluding hydrogens is 265 g/mol. The number of para-hydroxylation sites is 2. The Bertz CT molecular complexity index is 676. The van der Waals surface area contributed by atoms with E-state index in [-0.39, 0.29) is 18.4 Å². The third-order valence-electron chi connectivity index (χ3n) is 2.63. The zero-order valence-corrected chi connectivity index (χ0v) is 10.7. The maximum atomic E-state index is 14.1. The summed E-state index contributed by atoms with van der Waals surface area (Å²) in [4.78, 5) is 8.21. The number of hydrogen-bond acceptors (Lipinski definition) is 3. The minimum absolute atomic E-state index is 0. The van der Waals surface area contributed by atoms with Gasteiger partial charge in [-0.2, -0.15) is 0 Å². The highest BCUT2D eigenvalue weighted by molar-refractivity contribution is 5.85. The molecule has 2 aromatic carbocycles. The van der Waals surface area contributed by atoms with Crippen LogP contribution >= 0.6 is 12.4 Å². The summed E-state index contributed by atoms with van der Waals surface area (Å²) in [7, 11) is 0. The molecule has 0 fully saturated rings. The van der Waals surface area contributed by atoms with Crippen LogP contribution in [0.25, 0.3) is 10.9 Å². The van der Waals surface area contributed by atoms with Crippen molar-refractivity contribution in [2.24, 2.45) is 0 Å². The number of anilines is 2. The molecule has 0 aliphatic heterocycles. The van der Waals surface area contributed by atoms with E-state index >= 15 is 0 Å². The lowest BCUT2D eigenvalue weighted by atomic mass is 10.2. The average Bonchev–Trinajstić information content (AvgIpc) is 2.47. The van der Waals surface area contributed by atoms with Crippen molar-refractivity contribution in [1.82, 2.24) is 9.97 Å². The molecule has 0 N–H and O–H groups in total. The van der Waals surface area contributed by atoms with Crippen molar-refractivity contribution in [1.29, 1.82) is 0 Å². The van der Waals surface area contributed by atoms with E-state index in [1.165, 1.54) is 0 Å². The number of fused-ring (bicyclic) bond motifs is 1. The van der Waals surface area contributed by atoms with E-state index in [0.29, 0.717) is 10.8 Å². The highest BCUT2D eigenvalue weighted by atomic mass is 35.5. The Balaban J connectivity index is 0.00000133. The maximum absolute atomic E-state index is 14.1. The summed E-state index contributed by atoms with van der Waals surface area (Å²) in [5.41, 5.74) is 1.13. The normalized spacial score (nSPS) is 9.95. The molecule has 96 valence electrons. The highest BCUT2D eigenvalue weighted by Crippen LogP contribution is 2.23. The van der Waals surface area contributed by atoms with E-state index in [2.05, 4.69) is 9.97 Å². The quantitative estimate of drug-likeness (QED) is 0.660. The van der Waals surface area contributed by atoms with Crippen molar-refractivity contribution >= 4 is 34.9 Å². The Morgan fingerprint density at radius 1 is 0.895 bits per heavy atom. The molecule has 3 rings (SSSR count). The van der Waals surface area contributed by atoms with Crippen LogP contribution in [0, 0.1) is 0 Å². The molecule has 0 saturated heterocycles. The smallest absolute Gasteiger partial charge is 0.218 e. The van der Waals surface area contributed by atoms with Crippen LogP contribution in [-0.4, -0.2) is 9.97 Å². The monoisotopic (exact) mass is 275 g/mol. The first kappa shape index (κ1) is 13.2. The number of aromatic nitrogens is 2. The second-order valence-electron chi connectivity index (χ2n) is 3.85. The molecule has 0 unspecified atom stereocenters. The molecule has 0 spiro atoms. The van der Waals surface area contributed by atoms with E-state index in [1.54, 1.807) is 30.5 Å². The SMILES string of the molecule is Cl.FN(c1ccccc1)c1ncc2ccccc2n1. The summed E-state index contributed by atoms with van der Waals surface area (Å²) in [5.74, 6) is 0.0416. The van der Waals surface area contributed by atoms with Crippen LogP contribution in [0.3, 0.4) is 0 Å². The van der Waals surface area contributed by atoms with Gasteiger partial charge < -0.3 is 0 Å². The van der Waals surface area contributed by atoms with Gasteiger partial charge in [-0.25, -0.2) is 9.97 Å². The molecule has 3 nitrogen and oxygen atoms in total. The Morgan fingerprint density at radius 2 is 1.58 bits per heavy atom. The predicted molar refractivity (Wildman–Crippen MR) is 76.5 cm³/mol. The summed E-state index contributed by atoms with van der Waals surface area (Å²) in [5, 5.41) is 1.37. The van der Waals surface area contributed by atoms with Crippen molar-refractivity contribution in [2.75, 3.05) is 5.12 Å². The van der Waals surface area contributed by atoms with Gasteiger partial charge in [-0.1, -0.05) is 40.9 Å². The van der Waals surface area contributed by atoms with Gasteiger partial charge in [-0.05, 0) is 18.2 Å². The number of nitrogens with zero attached hydrogens (tertiary/aromatic N) is 3. The average molecular weight is 276 g/mol. The van der Waals surface area contributed by atoms with Crippen molar-refractivity contribution in [3.63, 3.8) is 0 Å². The van der Waals surface area contributed by atoms with Gasteiger partial charge in [0.25, 0.3) is 5.95 Å². The summed E-state index contributed by atoms with van der Waals surface area (Å²) in [6, 6.07) is 16.2. The molecule has 0 saturated carbocycles. The van der Waals surface area contributed by atoms with Crippen LogP contribution in [0.1, 0.15) is 0 Å². The van der Waals surface area contributed by atoms with E-state index in [9.17, 15) is 4.48 Å². The van der Waals surface area contributed by atoms with Gasteiger partial charge in [0.05, 0.1) is 11.2 Å². The van der Waals surface area contributed by atoms with Crippen LogP contribution < -0.4 is 5.12 Å². The minimum atomic E-state index is 0. The van der Waals surface area contributed by atoms with Gasteiger partial charge >= 0.3 is 0 Å². The standard InChI is InChI=1S/C14H10FN3.ClH/c15-18(12-7-2-1-3-8-12)14-16-10-11-6-4-5-9-13(11)17-14;/h1-10H;1H. The zero-order valence-electron chi connectivity index (χ0n) is 9.90. The van der Waals surface area contributed by atoms with Gasteiger partial charge in [0.2, 0.25) is 0 Å². The van der Waals surface area contributed by atoms with E-state index in [4.69, 9.17) is 0 Å². The molecule has 1 heterocycles. The number of hydrogen-bond donors (Lipinski definition) is 0. The molecular formula is C14H11ClFN3. The van der Waals surface area contributed by atoms with Crippen molar-refractivity contribution in [2.45, 2.75) is 0 Å². The molecule has 0 aliphatic rings. The molecule has 0 amide bonds. The largest absolute Gasteiger partial charge is 0.259 e. The van der Waals surface area contributed by atoms with Crippen molar-refractivity contribution in [3.8, 4) is 0 Å². The highest BCUT2D eigenvalue weighted by Gasteiger charge is 2.11. The molecule has 0 atom stereocenters. The maximum Gasteiger partial charge on any atom is 0.259 e. The molecule has 19 heavy (non-hydrogen) atoms. The van der Waals surface area contributed by atoms with Crippen LogP contribution in [0.15, 0.2) is 60.8 Å². The lowest BCUT2D eigenvalue weighted by molar-refractivity contribution is 0.493. The minimum Gasteiger partial charge on any atom is -0.218 e. The molecule has 1 aromatic heterocycles. The second-order valence-corrected chi connectivity index (χ2v) is 3.85. The molecule has 0 radical (unpaired) electrons. The lowest BCUT2D eigenvalue weighted by Crippen LogP contribution is -2.07.